The molecular formula is C21H23ClN4O. The van der Waals surface area contributed by atoms with Crippen LogP contribution in [-0.2, 0) is 4.79 Å². The van der Waals surface area contributed by atoms with Gasteiger partial charge in [-0.3, -0.25) is 4.79 Å². The molecule has 27 heavy (non-hydrogen) atoms. The van der Waals surface area contributed by atoms with Gasteiger partial charge >= 0.3 is 0 Å². The molecule has 1 atom stereocenters. The van der Waals surface area contributed by atoms with E-state index in [-0.39, 0.29) is 5.91 Å². The van der Waals surface area contributed by atoms with Crippen LogP contribution in [0.1, 0.15) is 31.7 Å². The first-order valence-electron chi connectivity index (χ1n) is 9.19. The van der Waals surface area contributed by atoms with E-state index in [2.05, 4.69) is 27.7 Å². The maximum atomic E-state index is 12.4. The highest BCUT2D eigenvalue weighted by Gasteiger charge is 2.15. The molecule has 1 saturated heterocycles. The third-order valence-corrected chi connectivity index (χ3v) is 5.03. The second-order valence-electron chi connectivity index (χ2n) is 6.76. The summed E-state index contributed by atoms with van der Waals surface area (Å²) in [5.74, 6) is -0.170. The summed E-state index contributed by atoms with van der Waals surface area (Å²) in [5, 5.41) is 15.3. The van der Waals surface area contributed by atoms with E-state index in [1.165, 1.54) is 24.9 Å². The third-order valence-electron chi connectivity index (χ3n) is 4.72. The number of amides is 1. The van der Waals surface area contributed by atoms with Gasteiger partial charge in [0.05, 0.1) is 10.6 Å². The number of benzene rings is 2. The zero-order valence-corrected chi connectivity index (χ0v) is 16.1. The van der Waals surface area contributed by atoms with Crippen molar-refractivity contribution in [1.82, 2.24) is 0 Å². The van der Waals surface area contributed by atoms with Crippen LogP contribution in [0.15, 0.2) is 42.5 Å². The molecule has 1 aliphatic heterocycles. The summed E-state index contributed by atoms with van der Waals surface area (Å²) in [6.45, 7) is 4.02. The number of nitrogens with one attached hydrogen (secondary N) is 2. The molecule has 3 rings (SSSR count). The third kappa shape index (κ3) is 4.93. The van der Waals surface area contributed by atoms with E-state index in [4.69, 9.17) is 16.9 Å². The van der Waals surface area contributed by atoms with E-state index in [9.17, 15) is 4.79 Å². The number of carbonyl (C=O) groups excluding carboxylic acids is 1. The zero-order chi connectivity index (χ0) is 19.2. The molecule has 1 amide bonds. The van der Waals surface area contributed by atoms with Gasteiger partial charge in [0.25, 0.3) is 0 Å². The lowest BCUT2D eigenvalue weighted by Gasteiger charge is -2.29. The van der Waals surface area contributed by atoms with E-state index >= 15 is 0 Å². The van der Waals surface area contributed by atoms with Crippen LogP contribution in [0, 0.1) is 11.3 Å². The minimum atomic E-state index is -0.416. The van der Waals surface area contributed by atoms with Gasteiger partial charge in [0.1, 0.15) is 12.1 Å². The van der Waals surface area contributed by atoms with Crippen LogP contribution in [0.5, 0.6) is 0 Å². The van der Waals surface area contributed by atoms with E-state index in [1.54, 1.807) is 25.1 Å². The Morgan fingerprint density at radius 1 is 1.11 bits per heavy atom. The Bertz CT molecular complexity index is 838. The number of anilines is 3. The summed E-state index contributed by atoms with van der Waals surface area (Å²) in [7, 11) is 0. The largest absolute Gasteiger partial charge is 0.374 e. The Kier molecular flexibility index (Phi) is 6.20. The fourth-order valence-corrected chi connectivity index (χ4v) is 3.39. The number of nitrogens with zero attached hydrogens (tertiary/aromatic N) is 2. The maximum absolute atomic E-state index is 12.4. The van der Waals surface area contributed by atoms with Gasteiger partial charge in [-0.1, -0.05) is 11.6 Å². The zero-order valence-electron chi connectivity index (χ0n) is 15.3. The minimum Gasteiger partial charge on any atom is -0.374 e. The van der Waals surface area contributed by atoms with Crippen LogP contribution in [0.2, 0.25) is 5.02 Å². The Morgan fingerprint density at radius 2 is 1.78 bits per heavy atom. The van der Waals surface area contributed by atoms with Gasteiger partial charge in [-0.15, -0.1) is 0 Å². The lowest BCUT2D eigenvalue weighted by atomic mass is 10.1. The molecule has 5 nitrogen and oxygen atoms in total. The van der Waals surface area contributed by atoms with Crippen LogP contribution >= 0.6 is 11.6 Å². The first-order valence-corrected chi connectivity index (χ1v) is 9.56. The van der Waals surface area contributed by atoms with Crippen molar-refractivity contribution in [2.24, 2.45) is 0 Å². The molecular weight excluding hydrogens is 360 g/mol. The molecule has 2 aromatic carbocycles. The topological polar surface area (TPSA) is 68.2 Å². The molecule has 1 heterocycles. The van der Waals surface area contributed by atoms with Crippen molar-refractivity contribution in [3.05, 3.63) is 53.1 Å². The normalized spacial score (nSPS) is 14.9. The van der Waals surface area contributed by atoms with Crippen molar-refractivity contribution in [2.45, 2.75) is 32.2 Å². The molecule has 0 saturated carbocycles. The number of hydrogen-bond acceptors (Lipinski definition) is 4. The van der Waals surface area contributed by atoms with Crippen LogP contribution in [0.25, 0.3) is 0 Å². The second kappa shape index (κ2) is 8.79. The quantitative estimate of drug-likeness (QED) is 0.790. The van der Waals surface area contributed by atoms with Crippen molar-refractivity contribution < 1.29 is 4.79 Å². The fraction of sp³-hybridized carbons (Fsp3) is 0.333. The minimum absolute atomic E-state index is 0.170. The first kappa shape index (κ1) is 19.1. The van der Waals surface area contributed by atoms with Crippen LogP contribution in [0.3, 0.4) is 0 Å². The highest BCUT2D eigenvalue weighted by atomic mass is 35.5. The predicted molar refractivity (Wildman–Crippen MR) is 110 cm³/mol. The van der Waals surface area contributed by atoms with Crippen molar-refractivity contribution in [3.8, 4) is 6.07 Å². The van der Waals surface area contributed by atoms with E-state index in [0.29, 0.717) is 16.3 Å². The maximum Gasteiger partial charge on any atom is 0.246 e. The lowest BCUT2D eigenvalue weighted by Crippen LogP contribution is -2.32. The molecule has 1 aliphatic rings. The van der Waals surface area contributed by atoms with Crippen molar-refractivity contribution in [2.75, 3.05) is 28.6 Å². The number of nitriles is 1. The van der Waals surface area contributed by atoms with Gasteiger partial charge in [0.2, 0.25) is 5.91 Å². The number of rotatable bonds is 5. The van der Waals surface area contributed by atoms with Crippen molar-refractivity contribution >= 4 is 34.6 Å². The molecule has 1 unspecified atom stereocenters. The van der Waals surface area contributed by atoms with E-state index in [0.717, 1.165) is 18.8 Å². The molecule has 6 heteroatoms. The molecule has 140 valence electrons. The van der Waals surface area contributed by atoms with Crippen LogP contribution in [-0.4, -0.2) is 25.0 Å². The number of hydrogen-bond donors (Lipinski definition) is 2. The van der Waals surface area contributed by atoms with Gasteiger partial charge < -0.3 is 15.5 Å². The van der Waals surface area contributed by atoms with Crippen molar-refractivity contribution in [1.29, 1.82) is 5.26 Å². The summed E-state index contributed by atoms with van der Waals surface area (Å²) in [5.41, 5.74) is 3.08. The molecule has 0 bridgehead atoms. The predicted octanol–water partition coefficient (Wildman–Crippen LogP) is 4.64. The SMILES string of the molecule is CC(Nc1ccc(N2CCCCC2)cc1)C(=O)Nc1ccc(C#N)c(Cl)c1. The standard InChI is InChI=1S/C21H23ClN4O/c1-15(21(27)25-18-6-5-16(14-23)20(22)13-18)24-17-7-9-19(10-8-17)26-11-3-2-4-12-26/h5-10,13,15,24H,2-4,11-12H2,1H3,(H,25,27). The molecule has 1 fully saturated rings. The summed E-state index contributed by atoms with van der Waals surface area (Å²) in [4.78, 5) is 14.8. The fourth-order valence-electron chi connectivity index (χ4n) is 3.17. The molecule has 2 aromatic rings. The summed E-state index contributed by atoms with van der Waals surface area (Å²) >= 11 is 6.01. The summed E-state index contributed by atoms with van der Waals surface area (Å²) in [6.07, 6.45) is 3.81. The Balaban J connectivity index is 1.57. The molecule has 0 aromatic heterocycles. The lowest BCUT2D eigenvalue weighted by molar-refractivity contribution is -0.116. The summed E-state index contributed by atoms with van der Waals surface area (Å²) < 4.78 is 0. The molecule has 0 spiro atoms. The van der Waals surface area contributed by atoms with Crippen LogP contribution < -0.4 is 15.5 Å². The highest BCUT2D eigenvalue weighted by molar-refractivity contribution is 6.32. The monoisotopic (exact) mass is 382 g/mol. The molecule has 2 N–H and O–H groups in total. The number of carbonyl (C=O) groups is 1. The first-order chi connectivity index (χ1) is 13.1. The van der Waals surface area contributed by atoms with E-state index < -0.39 is 6.04 Å². The molecule has 0 radical (unpaired) electrons. The van der Waals surface area contributed by atoms with Gasteiger partial charge in [-0.25, -0.2) is 0 Å². The van der Waals surface area contributed by atoms with E-state index in [1.807, 2.05) is 18.2 Å². The van der Waals surface area contributed by atoms with Crippen LogP contribution in [0.4, 0.5) is 17.1 Å². The smallest absolute Gasteiger partial charge is 0.246 e. The highest BCUT2D eigenvalue weighted by Crippen LogP contribution is 2.23. The number of piperidine rings is 1. The van der Waals surface area contributed by atoms with Gasteiger partial charge in [-0.05, 0) is 68.7 Å². The van der Waals surface area contributed by atoms with Gasteiger partial charge in [0, 0.05) is 30.2 Å². The van der Waals surface area contributed by atoms with Gasteiger partial charge in [0.15, 0.2) is 0 Å². The number of halogens is 1. The Labute approximate surface area is 164 Å². The average Bonchev–Trinajstić information content (AvgIpc) is 2.69. The Morgan fingerprint density at radius 3 is 2.41 bits per heavy atom. The van der Waals surface area contributed by atoms with Gasteiger partial charge in [-0.2, -0.15) is 5.26 Å². The summed E-state index contributed by atoms with van der Waals surface area (Å²) in [6, 6.07) is 14.6. The second-order valence-corrected chi connectivity index (χ2v) is 7.16. The average molecular weight is 383 g/mol. The molecule has 0 aliphatic carbocycles. The Hall–Kier alpha value is -2.71. The van der Waals surface area contributed by atoms with Crippen molar-refractivity contribution in [3.63, 3.8) is 0 Å².